The van der Waals surface area contributed by atoms with Crippen LogP contribution in [-0.2, 0) is 25.7 Å². The minimum absolute atomic E-state index is 0.0106. The van der Waals surface area contributed by atoms with Gasteiger partial charge in [0.15, 0.2) is 0 Å². The van der Waals surface area contributed by atoms with Crippen LogP contribution in [0.4, 0.5) is 4.79 Å². The highest BCUT2D eigenvalue weighted by molar-refractivity contribution is 5.86. The molecule has 0 heterocycles. The van der Waals surface area contributed by atoms with Gasteiger partial charge in [0.25, 0.3) is 0 Å². The third-order valence-electron chi connectivity index (χ3n) is 5.23. The van der Waals surface area contributed by atoms with Crippen LogP contribution in [0.1, 0.15) is 64.9 Å². The van der Waals surface area contributed by atoms with Crippen LogP contribution >= 0.6 is 0 Å². The lowest BCUT2D eigenvalue weighted by molar-refractivity contribution is -0.145. The molecule has 0 radical (unpaired) electrons. The summed E-state index contributed by atoms with van der Waals surface area (Å²) in [5.74, 6) is -0.795. The van der Waals surface area contributed by atoms with Crippen LogP contribution in [0.5, 0.6) is 0 Å². The monoisotopic (exact) mass is 521 g/mol. The zero-order valence-corrected chi connectivity index (χ0v) is 22.8. The topological polar surface area (TPSA) is 144 Å². The second-order valence-electron chi connectivity index (χ2n) is 9.88. The summed E-state index contributed by atoms with van der Waals surface area (Å²) in [4.78, 5) is 37.2. The molecule has 1 atom stereocenters. The summed E-state index contributed by atoms with van der Waals surface area (Å²) in [6, 6.07) is 8.45. The first-order valence-electron chi connectivity index (χ1n) is 13.3. The second-order valence-corrected chi connectivity index (χ2v) is 9.88. The second kappa shape index (κ2) is 19.4. The van der Waals surface area contributed by atoms with Gasteiger partial charge < -0.3 is 36.5 Å². The lowest BCUT2D eigenvalue weighted by Gasteiger charge is -2.23. The number of nitrogens with two attached hydrogens (primary N) is 1. The predicted molar refractivity (Wildman–Crippen MR) is 145 cm³/mol. The molecule has 10 heteroatoms. The molecule has 0 aliphatic carbocycles. The molecule has 10 nitrogen and oxygen atoms in total. The van der Waals surface area contributed by atoms with E-state index in [4.69, 9.17) is 15.2 Å². The number of hydrogen-bond acceptors (Lipinski definition) is 8. The third-order valence-corrected chi connectivity index (χ3v) is 5.23. The summed E-state index contributed by atoms with van der Waals surface area (Å²) in [7, 11) is 0. The van der Waals surface area contributed by atoms with E-state index in [1.54, 1.807) is 20.8 Å². The summed E-state index contributed by atoms with van der Waals surface area (Å²) >= 11 is 0. The van der Waals surface area contributed by atoms with Gasteiger partial charge in [-0.3, -0.25) is 9.59 Å². The van der Waals surface area contributed by atoms with Crippen molar-refractivity contribution in [1.29, 1.82) is 0 Å². The molecule has 0 saturated heterocycles. The molecule has 0 fully saturated rings. The summed E-state index contributed by atoms with van der Waals surface area (Å²) < 4.78 is 10.6. The maximum absolute atomic E-state index is 12.7. The van der Waals surface area contributed by atoms with Crippen molar-refractivity contribution in [2.45, 2.75) is 77.5 Å². The molecule has 0 unspecified atom stereocenters. The van der Waals surface area contributed by atoms with E-state index in [1.807, 2.05) is 30.3 Å². The number of rotatable bonds is 19. The molecule has 1 rings (SSSR count). The minimum atomic E-state index is -0.904. The molecule has 0 aliphatic rings. The van der Waals surface area contributed by atoms with Gasteiger partial charge in [0.1, 0.15) is 18.2 Å². The zero-order valence-electron chi connectivity index (χ0n) is 22.8. The Bertz CT molecular complexity index is 770. The lowest BCUT2D eigenvalue weighted by Crippen LogP contribution is -2.48. The van der Waals surface area contributed by atoms with Gasteiger partial charge in [0.05, 0.1) is 0 Å². The molecule has 0 spiro atoms. The fraction of sp³-hybridized carbons (Fsp3) is 0.667. The molecule has 0 aliphatic heterocycles. The van der Waals surface area contributed by atoms with Crippen LogP contribution in [0.15, 0.2) is 30.3 Å². The summed E-state index contributed by atoms with van der Waals surface area (Å²) in [5.41, 5.74) is 5.64. The molecule has 210 valence electrons. The van der Waals surface area contributed by atoms with Gasteiger partial charge in [0, 0.05) is 13.0 Å². The Morgan fingerprint density at radius 1 is 0.892 bits per heavy atom. The number of esters is 1. The van der Waals surface area contributed by atoms with Crippen molar-refractivity contribution in [3.8, 4) is 0 Å². The van der Waals surface area contributed by atoms with Gasteiger partial charge in [-0.25, -0.2) is 4.79 Å². The highest BCUT2D eigenvalue weighted by Gasteiger charge is 2.25. The maximum atomic E-state index is 12.7. The van der Waals surface area contributed by atoms with Crippen molar-refractivity contribution < 1.29 is 23.9 Å². The molecule has 37 heavy (non-hydrogen) atoms. The van der Waals surface area contributed by atoms with Crippen LogP contribution in [0.2, 0.25) is 0 Å². The number of carbonyl (C=O) groups is 3. The number of benzene rings is 1. The van der Waals surface area contributed by atoms with E-state index in [0.717, 1.165) is 57.4 Å². The number of hydrogen-bond donors (Lipinski definition) is 5. The highest BCUT2D eigenvalue weighted by atomic mass is 16.6. The van der Waals surface area contributed by atoms with Crippen molar-refractivity contribution in [1.82, 2.24) is 21.3 Å². The molecule has 0 aromatic heterocycles. The van der Waals surface area contributed by atoms with Gasteiger partial charge in [-0.2, -0.15) is 0 Å². The van der Waals surface area contributed by atoms with Crippen molar-refractivity contribution in [3.63, 3.8) is 0 Å². The SMILES string of the molecule is CC(C)(C)OC(=O)N[C@H](CCC(=O)OCc1ccccc1)C(=O)NCCCNCCCCNCCCN. The Kier molecular flexibility index (Phi) is 17.0. The van der Waals surface area contributed by atoms with Crippen molar-refractivity contribution in [2.24, 2.45) is 5.73 Å². The number of nitrogens with one attached hydrogen (secondary N) is 4. The summed E-state index contributed by atoms with van der Waals surface area (Å²) in [6.45, 7) is 10.2. The van der Waals surface area contributed by atoms with Crippen molar-refractivity contribution in [2.75, 3.05) is 39.3 Å². The fourth-order valence-corrected chi connectivity index (χ4v) is 3.32. The fourth-order valence-electron chi connectivity index (χ4n) is 3.32. The van der Waals surface area contributed by atoms with E-state index in [1.165, 1.54) is 0 Å². The van der Waals surface area contributed by atoms with E-state index >= 15 is 0 Å². The molecule has 1 aromatic carbocycles. The molecule has 0 bridgehead atoms. The smallest absolute Gasteiger partial charge is 0.408 e. The van der Waals surface area contributed by atoms with Gasteiger partial charge in [-0.15, -0.1) is 0 Å². The van der Waals surface area contributed by atoms with Gasteiger partial charge in [-0.05, 0) is 91.2 Å². The summed E-state index contributed by atoms with van der Waals surface area (Å²) in [5, 5.41) is 12.1. The number of amides is 2. The molecular formula is C27H47N5O5. The largest absolute Gasteiger partial charge is 0.461 e. The quantitative estimate of drug-likeness (QED) is 0.138. The lowest BCUT2D eigenvalue weighted by atomic mass is 10.1. The van der Waals surface area contributed by atoms with E-state index in [0.29, 0.717) is 13.1 Å². The predicted octanol–water partition coefficient (Wildman–Crippen LogP) is 2.22. The van der Waals surface area contributed by atoms with Crippen LogP contribution in [0.3, 0.4) is 0 Å². The average Bonchev–Trinajstić information content (AvgIpc) is 2.85. The Labute approximate surface area is 221 Å². The first-order valence-corrected chi connectivity index (χ1v) is 13.3. The molecule has 2 amide bonds. The number of unbranched alkanes of at least 4 members (excludes halogenated alkanes) is 1. The standard InChI is InChI=1S/C27H47N5O5/c1-27(2,3)37-26(35)32-23(13-14-24(33)36-21-22-11-5-4-6-12-22)25(34)31-20-10-19-30-17-8-7-16-29-18-9-15-28/h4-6,11-12,23,29-30H,7-10,13-21,28H2,1-3H3,(H,31,34)(H,32,35)/t23-/m1/s1. The van der Waals surface area contributed by atoms with Gasteiger partial charge >= 0.3 is 12.1 Å². The number of carbonyl (C=O) groups excluding carboxylic acids is 3. The molecular weight excluding hydrogens is 474 g/mol. The van der Waals surface area contributed by atoms with Crippen LogP contribution in [0.25, 0.3) is 0 Å². The van der Waals surface area contributed by atoms with Gasteiger partial charge in [0.2, 0.25) is 5.91 Å². The van der Waals surface area contributed by atoms with E-state index in [-0.39, 0.29) is 25.4 Å². The Balaban J connectivity index is 2.35. The number of alkyl carbamates (subject to hydrolysis) is 1. The van der Waals surface area contributed by atoms with Gasteiger partial charge in [-0.1, -0.05) is 30.3 Å². The maximum Gasteiger partial charge on any atom is 0.408 e. The average molecular weight is 522 g/mol. The first kappa shape index (κ1) is 32.3. The van der Waals surface area contributed by atoms with E-state index in [9.17, 15) is 14.4 Å². The minimum Gasteiger partial charge on any atom is -0.461 e. The van der Waals surface area contributed by atoms with Crippen LogP contribution in [-0.4, -0.2) is 68.9 Å². The first-order chi connectivity index (χ1) is 17.7. The number of ether oxygens (including phenoxy) is 2. The van der Waals surface area contributed by atoms with Crippen LogP contribution < -0.4 is 27.0 Å². The normalized spacial score (nSPS) is 12.0. The molecule has 6 N–H and O–H groups in total. The Hall–Kier alpha value is -2.69. The van der Waals surface area contributed by atoms with E-state index in [2.05, 4.69) is 21.3 Å². The highest BCUT2D eigenvalue weighted by Crippen LogP contribution is 2.09. The van der Waals surface area contributed by atoms with Crippen molar-refractivity contribution >= 4 is 18.0 Å². The van der Waals surface area contributed by atoms with E-state index < -0.39 is 23.7 Å². The summed E-state index contributed by atoms with van der Waals surface area (Å²) in [6.07, 6.45) is 3.31. The molecule has 0 saturated carbocycles. The third kappa shape index (κ3) is 18.2. The zero-order chi connectivity index (χ0) is 27.4. The molecule has 1 aromatic rings. The van der Waals surface area contributed by atoms with Crippen LogP contribution in [0, 0.1) is 0 Å². The van der Waals surface area contributed by atoms with Crippen molar-refractivity contribution in [3.05, 3.63) is 35.9 Å². The Morgan fingerprint density at radius 3 is 2.14 bits per heavy atom. The Morgan fingerprint density at radius 2 is 1.51 bits per heavy atom.